The van der Waals surface area contributed by atoms with E-state index in [1.807, 2.05) is 0 Å². The van der Waals surface area contributed by atoms with Crippen molar-refractivity contribution in [1.29, 1.82) is 0 Å². The van der Waals surface area contributed by atoms with E-state index in [1.165, 1.54) is 18.2 Å². The van der Waals surface area contributed by atoms with Crippen molar-refractivity contribution in [1.82, 2.24) is 0 Å². The minimum absolute atomic E-state index is 0.0275. The summed E-state index contributed by atoms with van der Waals surface area (Å²) >= 11 is 15.4. The molecule has 102 valence electrons. The zero-order chi connectivity index (χ0) is 14.2. The van der Waals surface area contributed by atoms with Crippen molar-refractivity contribution in [2.24, 2.45) is 0 Å². The number of nitrogens with one attached hydrogen (secondary N) is 1. The smallest absolute Gasteiger partial charge is 0.271 e. The van der Waals surface area contributed by atoms with Gasteiger partial charge in [0.1, 0.15) is 10.0 Å². The normalized spacial score (nSPS) is 11.6. The lowest BCUT2D eigenvalue weighted by molar-refractivity contribution is 0.603. The maximum absolute atomic E-state index is 13.2. The van der Waals surface area contributed by atoms with Crippen LogP contribution in [0.15, 0.2) is 32.3 Å². The van der Waals surface area contributed by atoms with Gasteiger partial charge in [0, 0.05) is 0 Å². The maximum Gasteiger partial charge on any atom is 0.271 e. The fraction of sp³-hybridized carbons (Fsp3) is 0. The first-order valence-corrected chi connectivity index (χ1v) is 8.57. The monoisotopic (exact) mass is 403 g/mol. The van der Waals surface area contributed by atoms with Crippen molar-refractivity contribution in [2.75, 3.05) is 4.72 Å². The van der Waals surface area contributed by atoms with Gasteiger partial charge in [-0.1, -0.05) is 23.2 Å². The lowest BCUT2D eigenvalue weighted by atomic mass is 10.3. The molecule has 0 atom stereocenters. The molecule has 0 bridgehead atoms. The standard InChI is InChI=1S/C10H5BrCl2FNO2S2/c11-10-7(13)4-9(18-10)19(16,17)15-5-1-2-6(12)8(14)3-5/h1-4,15H. The van der Waals surface area contributed by atoms with Gasteiger partial charge in [-0.3, -0.25) is 4.72 Å². The summed E-state index contributed by atoms with van der Waals surface area (Å²) in [4.78, 5) is 0. The van der Waals surface area contributed by atoms with Crippen LogP contribution in [0.25, 0.3) is 0 Å². The first-order chi connectivity index (χ1) is 8.79. The van der Waals surface area contributed by atoms with Crippen LogP contribution in [-0.4, -0.2) is 8.42 Å². The Bertz CT molecular complexity index is 714. The van der Waals surface area contributed by atoms with Gasteiger partial charge in [-0.2, -0.15) is 0 Å². The number of anilines is 1. The molecule has 0 radical (unpaired) electrons. The van der Waals surface area contributed by atoms with Gasteiger partial charge in [0.15, 0.2) is 0 Å². The van der Waals surface area contributed by atoms with Crippen LogP contribution in [0.5, 0.6) is 0 Å². The van der Waals surface area contributed by atoms with E-state index in [0.717, 1.165) is 17.4 Å². The molecule has 0 aliphatic rings. The lowest BCUT2D eigenvalue weighted by Gasteiger charge is -2.06. The molecule has 0 unspecified atom stereocenters. The molecule has 19 heavy (non-hydrogen) atoms. The topological polar surface area (TPSA) is 46.2 Å². The van der Waals surface area contributed by atoms with Gasteiger partial charge in [-0.15, -0.1) is 11.3 Å². The van der Waals surface area contributed by atoms with E-state index in [9.17, 15) is 12.8 Å². The third-order valence-corrected chi connectivity index (χ3v) is 6.70. The molecule has 9 heteroatoms. The molecule has 2 aromatic rings. The van der Waals surface area contributed by atoms with E-state index in [-0.39, 0.29) is 14.9 Å². The second-order valence-electron chi connectivity index (χ2n) is 3.42. The number of halogens is 4. The predicted octanol–water partition coefficient (Wildman–Crippen LogP) is 4.76. The average molecular weight is 405 g/mol. The van der Waals surface area contributed by atoms with Crippen molar-refractivity contribution in [3.63, 3.8) is 0 Å². The van der Waals surface area contributed by atoms with E-state index < -0.39 is 15.8 Å². The molecule has 1 aromatic heterocycles. The summed E-state index contributed by atoms with van der Waals surface area (Å²) < 4.78 is 40.1. The van der Waals surface area contributed by atoms with Crippen LogP contribution in [-0.2, 0) is 10.0 Å². The van der Waals surface area contributed by atoms with Crippen molar-refractivity contribution in [3.8, 4) is 0 Å². The fourth-order valence-corrected chi connectivity index (χ4v) is 4.79. The summed E-state index contributed by atoms with van der Waals surface area (Å²) in [5.74, 6) is -0.702. The molecule has 2 rings (SSSR count). The summed E-state index contributed by atoms with van der Waals surface area (Å²) in [5.41, 5.74) is 0.0857. The van der Waals surface area contributed by atoms with Gasteiger partial charge in [0.2, 0.25) is 0 Å². The van der Waals surface area contributed by atoms with Crippen molar-refractivity contribution < 1.29 is 12.8 Å². The molecule has 1 aromatic carbocycles. The Kier molecular flexibility index (Phi) is 4.42. The zero-order valence-corrected chi connectivity index (χ0v) is 13.7. The molecule has 0 amide bonds. The Hall–Kier alpha value is -0.340. The van der Waals surface area contributed by atoms with Crippen molar-refractivity contribution in [3.05, 3.63) is 43.9 Å². The summed E-state index contributed by atoms with van der Waals surface area (Å²) in [5, 5.41) is 0.220. The Morgan fingerprint density at radius 2 is 1.89 bits per heavy atom. The molecule has 0 fully saturated rings. The number of thiophene rings is 1. The summed E-state index contributed by atoms with van der Waals surface area (Å²) in [6.45, 7) is 0. The number of sulfonamides is 1. The van der Waals surface area contributed by atoms with Crippen LogP contribution in [0, 0.1) is 5.82 Å². The largest absolute Gasteiger partial charge is 0.279 e. The molecular weight excluding hydrogens is 400 g/mol. The average Bonchev–Trinajstić information content (AvgIpc) is 2.65. The number of hydrogen-bond acceptors (Lipinski definition) is 3. The molecular formula is C10H5BrCl2FNO2S2. The second kappa shape index (κ2) is 5.57. The molecule has 0 saturated carbocycles. The quantitative estimate of drug-likeness (QED) is 0.801. The second-order valence-corrected chi connectivity index (χ2v) is 8.52. The van der Waals surface area contributed by atoms with Crippen molar-refractivity contribution in [2.45, 2.75) is 4.21 Å². The Labute approximate surface area is 131 Å². The van der Waals surface area contributed by atoms with E-state index in [0.29, 0.717) is 8.81 Å². The third-order valence-electron chi connectivity index (χ3n) is 2.06. The van der Waals surface area contributed by atoms with E-state index in [2.05, 4.69) is 20.7 Å². The summed E-state index contributed by atoms with van der Waals surface area (Å²) in [6, 6.07) is 4.95. The third kappa shape index (κ3) is 3.41. The van der Waals surface area contributed by atoms with Gasteiger partial charge in [0.05, 0.1) is 19.5 Å². The van der Waals surface area contributed by atoms with Crippen LogP contribution < -0.4 is 4.72 Å². The van der Waals surface area contributed by atoms with Gasteiger partial charge in [0.25, 0.3) is 10.0 Å². The molecule has 0 aliphatic carbocycles. The Morgan fingerprint density at radius 3 is 2.42 bits per heavy atom. The van der Waals surface area contributed by atoms with Crippen LogP contribution in [0.4, 0.5) is 10.1 Å². The summed E-state index contributed by atoms with van der Waals surface area (Å²) in [7, 11) is -3.80. The molecule has 0 aliphatic heterocycles. The minimum atomic E-state index is -3.80. The first-order valence-electron chi connectivity index (χ1n) is 4.72. The maximum atomic E-state index is 13.2. The number of rotatable bonds is 3. The molecule has 1 heterocycles. The zero-order valence-electron chi connectivity index (χ0n) is 8.95. The highest BCUT2D eigenvalue weighted by atomic mass is 79.9. The lowest BCUT2D eigenvalue weighted by Crippen LogP contribution is -2.11. The van der Waals surface area contributed by atoms with Gasteiger partial charge < -0.3 is 0 Å². The first kappa shape index (κ1) is 15.1. The van der Waals surface area contributed by atoms with Crippen LogP contribution >= 0.6 is 50.5 Å². The minimum Gasteiger partial charge on any atom is -0.279 e. The highest BCUT2D eigenvalue weighted by Gasteiger charge is 2.19. The Balaban J connectivity index is 2.33. The molecule has 3 nitrogen and oxygen atoms in total. The Morgan fingerprint density at radius 1 is 1.21 bits per heavy atom. The number of benzene rings is 1. The van der Waals surface area contributed by atoms with E-state index in [1.54, 1.807) is 0 Å². The highest BCUT2D eigenvalue weighted by Crippen LogP contribution is 2.35. The highest BCUT2D eigenvalue weighted by molar-refractivity contribution is 9.11. The van der Waals surface area contributed by atoms with Gasteiger partial charge in [-0.25, -0.2) is 12.8 Å². The molecule has 0 spiro atoms. The van der Waals surface area contributed by atoms with Gasteiger partial charge >= 0.3 is 0 Å². The van der Waals surface area contributed by atoms with Gasteiger partial charge in [-0.05, 0) is 40.2 Å². The van der Waals surface area contributed by atoms with E-state index in [4.69, 9.17) is 23.2 Å². The molecule has 0 saturated heterocycles. The fourth-order valence-electron chi connectivity index (χ4n) is 1.22. The van der Waals surface area contributed by atoms with Crippen LogP contribution in [0.2, 0.25) is 10.0 Å². The van der Waals surface area contributed by atoms with E-state index >= 15 is 0 Å². The number of hydrogen-bond donors (Lipinski definition) is 1. The predicted molar refractivity (Wildman–Crippen MR) is 79.2 cm³/mol. The van der Waals surface area contributed by atoms with Crippen LogP contribution in [0.3, 0.4) is 0 Å². The van der Waals surface area contributed by atoms with Crippen LogP contribution in [0.1, 0.15) is 0 Å². The molecule has 1 N–H and O–H groups in total. The summed E-state index contributed by atoms with van der Waals surface area (Å²) in [6.07, 6.45) is 0. The van der Waals surface area contributed by atoms with Crippen molar-refractivity contribution >= 4 is 66.2 Å². The SMILES string of the molecule is O=S(=O)(Nc1ccc(Cl)c(F)c1)c1cc(Cl)c(Br)s1.